The van der Waals surface area contributed by atoms with Gasteiger partial charge >= 0.3 is 6.18 Å². The standard InChI is InChI=1S/C24H19F4N3O2S/c1-16-12-13-18(14-20(16)25)21-22(24(26,27)28)31(15-17-8-4-2-5-9-17)29-23(21)30-34(32,33)19-10-6-3-7-11-19/h2-14H,15H2,1H3,(H,29,30). The highest BCUT2D eigenvalue weighted by Crippen LogP contribution is 2.42. The average molecular weight is 489 g/mol. The van der Waals surface area contributed by atoms with Gasteiger partial charge in [-0.15, -0.1) is 0 Å². The molecule has 3 aromatic carbocycles. The van der Waals surface area contributed by atoms with Crippen molar-refractivity contribution in [1.29, 1.82) is 0 Å². The van der Waals surface area contributed by atoms with Crippen LogP contribution in [0.15, 0.2) is 83.8 Å². The molecule has 4 rings (SSSR count). The number of rotatable bonds is 6. The van der Waals surface area contributed by atoms with Gasteiger partial charge in [-0.1, -0.05) is 60.7 Å². The van der Waals surface area contributed by atoms with Gasteiger partial charge in [0.15, 0.2) is 11.5 Å². The molecule has 0 saturated carbocycles. The number of anilines is 1. The number of alkyl halides is 3. The summed E-state index contributed by atoms with van der Waals surface area (Å²) in [5, 5.41) is 4.00. The molecular formula is C24H19F4N3O2S. The quantitative estimate of drug-likeness (QED) is 0.345. The van der Waals surface area contributed by atoms with Crippen LogP contribution in [-0.4, -0.2) is 18.2 Å². The first-order valence-electron chi connectivity index (χ1n) is 10.1. The van der Waals surface area contributed by atoms with Crippen LogP contribution in [0.3, 0.4) is 0 Å². The van der Waals surface area contributed by atoms with Crippen molar-refractivity contribution in [3.63, 3.8) is 0 Å². The van der Waals surface area contributed by atoms with E-state index in [1.807, 2.05) is 0 Å². The van der Waals surface area contributed by atoms with E-state index in [0.717, 1.165) is 6.07 Å². The predicted octanol–water partition coefficient (Wildman–Crippen LogP) is 5.87. The summed E-state index contributed by atoms with van der Waals surface area (Å²) in [5.74, 6) is -1.27. The van der Waals surface area contributed by atoms with Crippen molar-refractivity contribution in [3.8, 4) is 11.1 Å². The number of nitrogens with one attached hydrogen (secondary N) is 1. The molecule has 0 atom stereocenters. The van der Waals surface area contributed by atoms with Crippen molar-refractivity contribution in [1.82, 2.24) is 9.78 Å². The number of aryl methyl sites for hydroxylation is 1. The number of halogens is 4. The van der Waals surface area contributed by atoms with Crippen molar-refractivity contribution in [3.05, 3.63) is 102 Å². The summed E-state index contributed by atoms with van der Waals surface area (Å²) in [6.45, 7) is 1.20. The van der Waals surface area contributed by atoms with E-state index in [0.29, 0.717) is 10.2 Å². The molecule has 0 saturated heterocycles. The van der Waals surface area contributed by atoms with Gasteiger partial charge in [0.1, 0.15) is 5.82 Å². The molecule has 0 amide bonds. The van der Waals surface area contributed by atoms with Gasteiger partial charge in [0.05, 0.1) is 17.0 Å². The van der Waals surface area contributed by atoms with Crippen LogP contribution in [0.2, 0.25) is 0 Å². The molecule has 0 aliphatic rings. The number of aromatic nitrogens is 2. The molecule has 176 valence electrons. The first-order chi connectivity index (χ1) is 16.1. The topological polar surface area (TPSA) is 64.0 Å². The van der Waals surface area contributed by atoms with Gasteiger partial charge < -0.3 is 0 Å². The first-order valence-corrected chi connectivity index (χ1v) is 11.6. The second-order valence-corrected chi connectivity index (χ2v) is 9.28. The Labute approximate surface area is 193 Å². The molecule has 0 radical (unpaired) electrons. The lowest BCUT2D eigenvalue weighted by Gasteiger charge is -2.14. The summed E-state index contributed by atoms with van der Waals surface area (Å²) in [6.07, 6.45) is -4.91. The minimum Gasteiger partial charge on any atom is -0.261 e. The van der Waals surface area contributed by atoms with Gasteiger partial charge in [-0.3, -0.25) is 9.40 Å². The van der Waals surface area contributed by atoms with E-state index in [9.17, 15) is 26.0 Å². The van der Waals surface area contributed by atoms with Crippen molar-refractivity contribution in [2.75, 3.05) is 4.72 Å². The molecule has 1 N–H and O–H groups in total. The number of benzene rings is 3. The Hall–Kier alpha value is -3.66. The minimum atomic E-state index is -4.91. The van der Waals surface area contributed by atoms with Gasteiger partial charge in [-0.2, -0.15) is 18.3 Å². The lowest BCUT2D eigenvalue weighted by atomic mass is 10.0. The van der Waals surface area contributed by atoms with E-state index in [1.54, 1.807) is 36.4 Å². The normalized spacial score (nSPS) is 12.0. The molecule has 0 aliphatic heterocycles. The molecule has 0 aliphatic carbocycles. The van der Waals surface area contributed by atoms with Crippen LogP contribution in [0.5, 0.6) is 0 Å². The zero-order valence-electron chi connectivity index (χ0n) is 17.8. The molecule has 1 aromatic heterocycles. The van der Waals surface area contributed by atoms with E-state index >= 15 is 0 Å². The highest BCUT2D eigenvalue weighted by atomic mass is 32.2. The number of hydrogen-bond acceptors (Lipinski definition) is 3. The van der Waals surface area contributed by atoms with Gasteiger partial charge in [0, 0.05) is 0 Å². The molecule has 5 nitrogen and oxygen atoms in total. The van der Waals surface area contributed by atoms with Crippen LogP contribution < -0.4 is 4.72 Å². The second kappa shape index (κ2) is 8.94. The fourth-order valence-corrected chi connectivity index (χ4v) is 4.53. The predicted molar refractivity (Wildman–Crippen MR) is 120 cm³/mol. The molecule has 0 bridgehead atoms. The summed E-state index contributed by atoms with van der Waals surface area (Å²) < 4.78 is 86.0. The summed E-state index contributed by atoms with van der Waals surface area (Å²) in [5.41, 5.74) is -1.14. The van der Waals surface area contributed by atoms with Crippen molar-refractivity contribution in [2.45, 2.75) is 24.5 Å². The lowest BCUT2D eigenvalue weighted by Crippen LogP contribution is -2.16. The van der Waals surface area contributed by atoms with Crippen LogP contribution in [-0.2, 0) is 22.7 Å². The Kier molecular flexibility index (Phi) is 6.18. The van der Waals surface area contributed by atoms with E-state index in [-0.39, 0.29) is 22.6 Å². The number of nitrogens with zero attached hydrogens (tertiary/aromatic N) is 2. The maximum atomic E-state index is 14.3. The summed E-state index contributed by atoms with van der Waals surface area (Å²) in [4.78, 5) is -0.151. The Morgan fingerprint density at radius 3 is 2.15 bits per heavy atom. The van der Waals surface area contributed by atoms with Gasteiger partial charge in [-0.05, 0) is 41.8 Å². The van der Waals surface area contributed by atoms with E-state index in [2.05, 4.69) is 9.82 Å². The monoisotopic (exact) mass is 489 g/mol. The van der Waals surface area contributed by atoms with Crippen molar-refractivity contribution < 1.29 is 26.0 Å². The molecule has 0 spiro atoms. The zero-order chi connectivity index (χ0) is 24.5. The van der Waals surface area contributed by atoms with Crippen LogP contribution >= 0.6 is 0 Å². The Balaban J connectivity index is 1.94. The summed E-state index contributed by atoms with van der Waals surface area (Å²) in [7, 11) is -4.27. The first kappa shape index (κ1) is 23.5. The zero-order valence-corrected chi connectivity index (χ0v) is 18.7. The number of hydrogen-bond donors (Lipinski definition) is 1. The molecule has 0 fully saturated rings. The fourth-order valence-electron chi connectivity index (χ4n) is 3.50. The van der Waals surface area contributed by atoms with E-state index in [1.165, 1.54) is 43.3 Å². The van der Waals surface area contributed by atoms with Crippen LogP contribution in [0, 0.1) is 12.7 Å². The fraction of sp³-hybridized carbons (Fsp3) is 0.125. The van der Waals surface area contributed by atoms with Crippen LogP contribution in [0.4, 0.5) is 23.4 Å². The van der Waals surface area contributed by atoms with Gasteiger partial charge in [-0.25, -0.2) is 12.8 Å². The van der Waals surface area contributed by atoms with Crippen molar-refractivity contribution >= 4 is 15.8 Å². The third kappa shape index (κ3) is 4.81. The maximum absolute atomic E-state index is 14.3. The Morgan fingerprint density at radius 2 is 1.56 bits per heavy atom. The number of sulfonamides is 1. The summed E-state index contributed by atoms with van der Waals surface area (Å²) >= 11 is 0. The lowest BCUT2D eigenvalue weighted by molar-refractivity contribution is -0.143. The molecular weight excluding hydrogens is 470 g/mol. The molecule has 1 heterocycles. The molecule has 10 heteroatoms. The molecule has 34 heavy (non-hydrogen) atoms. The minimum absolute atomic E-state index is 0.151. The molecule has 4 aromatic rings. The van der Waals surface area contributed by atoms with Crippen LogP contribution in [0.25, 0.3) is 11.1 Å². The van der Waals surface area contributed by atoms with Gasteiger partial charge in [0.2, 0.25) is 0 Å². The Bertz CT molecular complexity index is 1420. The van der Waals surface area contributed by atoms with Crippen molar-refractivity contribution in [2.24, 2.45) is 0 Å². The highest BCUT2D eigenvalue weighted by Gasteiger charge is 2.41. The SMILES string of the molecule is Cc1ccc(-c2c(NS(=O)(=O)c3ccccc3)nn(Cc3ccccc3)c2C(F)(F)F)cc1F. The smallest absolute Gasteiger partial charge is 0.261 e. The third-order valence-corrected chi connectivity index (χ3v) is 6.50. The molecule has 0 unspecified atom stereocenters. The van der Waals surface area contributed by atoms with E-state index in [4.69, 9.17) is 0 Å². The van der Waals surface area contributed by atoms with E-state index < -0.39 is 39.1 Å². The van der Waals surface area contributed by atoms with Crippen LogP contribution in [0.1, 0.15) is 16.8 Å². The second-order valence-electron chi connectivity index (χ2n) is 7.60. The highest BCUT2D eigenvalue weighted by molar-refractivity contribution is 7.92. The average Bonchev–Trinajstić information content (AvgIpc) is 3.14. The van der Waals surface area contributed by atoms with Gasteiger partial charge in [0.25, 0.3) is 10.0 Å². The third-order valence-electron chi connectivity index (χ3n) is 5.14. The Morgan fingerprint density at radius 1 is 0.941 bits per heavy atom. The maximum Gasteiger partial charge on any atom is 0.433 e. The largest absolute Gasteiger partial charge is 0.433 e. The summed E-state index contributed by atoms with van der Waals surface area (Å²) in [6, 6.07) is 19.1.